The van der Waals surface area contributed by atoms with E-state index in [4.69, 9.17) is 0 Å². The first-order valence-electron chi connectivity index (χ1n) is 6.88. The van der Waals surface area contributed by atoms with Crippen molar-refractivity contribution in [1.29, 1.82) is 0 Å². The van der Waals surface area contributed by atoms with E-state index in [2.05, 4.69) is 74.2 Å². The molecule has 0 amide bonds. The molecule has 0 aliphatic rings. The van der Waals surface area contributed by atoms with E-state index in [9.17, 15) is 0 Å². The van der Waals surface area contributed by atoms with Gasteiger partial charge in [0.1, 0.15) is 0 Å². The summed E-state index contributed by atoms with van der Waals surface area (Å²) in [5.41, 5.74) is 6.28. The Balaban J connectivity index is 2.58. The Labute approximate surface area is 121 Å². The van der Waals surface area contributed by atoms with Crippen LogP contribution in [0.5, 0.6) is 0 Å². The van der Waals surface area contributed by atoms with Crippen LogP contribution in [-0.2, 0) is 0 Å². The fraction of sp³-hybridized carbons (Fsp3) is 0.100. The number of hydrogen-bond donors (Lipinski definition) is 0. The van der Waals surface area contributed by atoms with Crippen molar-refractivity contribution in [3.63, 3.8) is 0 Å². The molecule has 0 atom stereocenters. The highest BCUT2D eigenvalue weighted by Crippen LogP contribution is 2.29. The van der Waals surface area contributed by atoms with Crippen LogP contribution in [0.15, 0.2) is 79.4 Å². The summed E-state index contributed by atoms with van der Waals surface area (Å²) in [6.07, 6.45) is 8.07. The lowest BCUT2D eigenvalue weighted by Crippen LogP contribution is -1.91. The van der Waals surface area contributed by atoms with Crippen LogP contribution in [0.3, 0.4) is 0 Å². The lowest BCUT2D eigenvalue weighted by molar-refractivity contribution is 1.42. The van der Waals surface area contributed by atoms with Crippen LogP contribution in [0.25, 0.3) is 16.7 Å². The highest BCUT2D eigenvalue weighted by Gasteiger charge is 2.07. The fourth-order valence-electron chi connectivity index (χ4n) is 2.42. The van der Waals surface area contributed by atoms with Crippen molar-refractivity contribution in [1.82, 2.24) is 0 Å². The summed E-state index contributed by atoms with van der Waals surface area (Å²) in [4.78, 5) is 0. The van der Waals surface area contributed by atoms with Crippen molar-refractivity contribution < 1.29 is 0 Å². The van der Waals surface area contributed by atoms with Gasteiger partial charge in [0.15, 0.2) is 0 Å². The van der Waals surface area contributed by atoms with E-state index in [1.807, 2.05) is 19.1 Å². The minimum absolute atomic E-state index is 1.19. The van der Waals surface area contributed by atoms with Gasteiger partial charge in [0.2, 0.25) is 0 Å². The summed E-state index contributed by atoms with van der Waals surface area (Å²) >= 11 is 0. The zero-order valence-electron chi connectivity index (χ0n) is 12.1. The van der Waals surface area contributed by atoms with Gasteiger partial charge in [-0.3, -0.25) is 0 Å². The van der Waals surface area contributed by atoms with Crippen molar-refractivity contribution in [3.8, 4) is 11.1 Å². The molecular formula is C20H20. The zero-order valence-corrected chi connectivity index (χ0v) is 12.1. The maximum atomic E-state index is 3.81. The number of rotatable bonds is 4. The van der Waals surface area contributed by atoms with Gasteiger partial charge in [0.05, 0.1) is 0 Å². The molecule has 2 rings (SSSR count). The van der Waals surface area contributed by atoms with Crippen LogP contribution in [0.2, 0.25) is 0 Å². The maximum Gasteiger partial charge on any atom is -0.0149 e. The summed E-state index contributed by atoms with van der Waals surface area (Å²) in [5, 5.41) is 0. The Kier molecular flexibility index (Phi) is 4.73. The molecule has 0 N–H and O–H groups in total. The Morgan fingerprint density at radius 3 is 2.40 bits per heavy atom. The van der Waals surface area contributed by atoms with Crippen molar-refractivity contribution in [3.05, 3.63) is 90.5 Å². The molecule has 2 aromatic carbocycles. The largest absolute Gasteiger partial charge is 0.0990 e. The quantitative estimate of drug-likeness (QED) is 0.609. The first kappa shape index (κ1) is 14.1. The number of benzene rings is 2. The first-order chi connectivity index (χ1) is 9.77. The molecule has 0 heterocycles. The smallest absolute Gasteiger partial charge is 0.0149 e. The van der Waals surface area contributed by atoms with Gasteiger partial charge >= 0.3 is 0 Å². The summed E-state index contributed by atoms with van der Waals surface area (Å²) in [6, 6.07) is 17.0. The second-order valence-corrected chi connectivity index (χ2v) is 4.70. The average molecular weight is 260 g/mol. The summed E-state index contributed by atoms with van der Waals surface area (Å²) in [7, 11) is 0. The van der Waals surface area contributed by atoms with Gasteiger partial charge in [-0.25, -0.2) is 0 Å². The third kappa shape index (κ3) is 2.97. The van der Waals surface area contributed by atoms with Crippen molar-refractivity contribution in [2.75, 3.05) is 0 Å². The third-order valence-electron chi connectivity index (χ3n) is 3.37. The molecule has 0 bridgehead atoms. The minimum Gasteiger partial charge on any atom is -0.0990 e. The van der Waals surface area contributed by atoms with Crippen LogP contribution in [0.4, 0.5) is 0 Å². The Morgan fingerprint density at radius 1 is 1.00 bits per heavy atom. The number of allylic oxidation sites excluding steroid dienone is 5. The lowest BCUT2D eigenvalue weighted by Gasteiger charge is -2.12. The van der Waals surface area contributed by atoms with E-state index in [1.54, 1.807) is 0 Å². The average Bonchev–Trinajstić information content (AvgIpc) is 2.48. The molecule has 0 aliphatic heterocycles. The van der Waals surface area contributed by atoms with E-state index >= 15 is 0 Å². The lowest BCUT2D eigenvalue weighted by atomic mass is 9.92. The number of hydrogen-bond acceptors (Lipinski definition) is 0. The summed E-state index contributed by atoms with van der Waals surface area (Å²) < 4.78 is 0. The second-order valence-electron chi connectivity index (χ2n) is 4.70. The van der Waals surface area contributed by atoms with Gasteiger partial charge in [-0.15, -0.1) is 0 Å². The maximum absolute atomic E-state index is 3.81. The predicted molar refractivity (Wildman–Crippen MR) is 89.6 cm³/mol. The molecule has 0 saturated carbocycles. The molecule has 0 radical (unpaired) electrons. The second kappa shape index (κ2) is 6.72. The zero-order chi connectivity index (χ0) is 14.4. The molecule has 0 unspecified atom stereocenters. The van der Waals surface area contributed by atoms with Crippen molar-refractivity contribution in [2.45, 2.75) is 13.8 Å². The van der Waals surface area contributed by atoms with E-state index < -0.39 is 0 Å². The molecule has 0 aromatic heterocycles. The van der Waals surface area contributed by atoms with Crippen molar-refractivity contribution in [2.24, 2.45) is 0 Å². The third-order valence-corrected chi connectivity index (χ3v) is 3.37. The summed E-state index contributed by atoms with van der Waals surface area (Å²) in [5.74, 6) is 0. The van der Waals surface area contributed by atoms with E-state index in [1.165, 1.54) is 27.8 Å². The molecule has 0 nitrogen and oxygen atoms in total. The van der Waals surface area contributed by atoms with Gasteiger partial charge in [0, 0.05) is 0 Å². The SMILES string of the molecule is C=C/C=C(\C=C/C)c1cccc(-c2ccccc2)c1C. The van der Waals surface area contributed by atoms with Gasteiger partial charge in [-0.05, 0) is 41.7 Å². The molecule has 0 aliphatic carbocycles. The van der Waals surface area contributed by atoms with Gasteiger partial charge in [-0.1, -0.05) is 79.4 Å². The van der Waals surface area contributed by atoms with E-state index in [0.29, 0.717) is 0 Å². The van der Waals surface area contributed by atoms with E-state index in [0.717, 1.165) is 0 Å². The topological polar surface area (TPSA) is 0 Å². The van der Waals surface area contributed by atoms with E-state index in [-0.39, 0.29) is 0 Å². The normalized spacial score (nSPS) is 11.8. The van der Waals surface area contributed by atoms with Gasteiger partial charge < -0.3 is 0 Å². The summed E-state index contributed by atoms with van der Waals surface area (Å²) in [6.45, 7) is 8.02. The predicted octanol–water partition coefficient (Wildman–Crippen LogP) is 5.81. The molecule has 2 aromatic rings. The Hall–Kier alpha value is -2.34. The Bertz CT molecular complexity index is 643. The van der Waals surface area contributed by atoms with Crippen LogP contribution < -0.4 is 0 Å². The monoisotopic (exact) mass is 260 g/mol. The highest BCUT2D eigenvalue weighted by molar-refractivity contribution is 5.82. The van der Waals surface area contributed by atoms with Gasteiger partial charge in [-0.2, -0.15) is 0 Å². The molecule has 20 heavy (non-hydrogen) atoms. The molecule has 0 saturated heterocycles. The van der Waals surface area contributed by atoms with Crippen LogP contribution in [-0.4, -0.2) is 0 Å². The van der Waals surface area contributed by atoms with Crippen LogP contribution in [0.1, 0.15) is 18.1 Å². The highest BCUT2D eigenvalue weighted by atomic mass is 14.1. The van der Waals surface area contributed by atoms with Gasteiger partial charge in [0.25, 0.3) is 0 Å². The van der Waals surface area contributed by atoms with Crippen molar-refractivity contribution >= 4 is 5.57 Å². The minimum atomic E-state index is 1.19. The first-order valence-corrected chi connectivity index (χ1v) is 6.88. The molecule has 0 heteroatoms. The van der Waals surface area contributed by atoms with Crippen LogP contribution >= 0.6 is 0 Å². The molecule has 100 valence electrons. The fourth-order valence-corrected chi connectivity index (χ4v) is 2.42. The standard InChI is InChI=1S/C20H20/c1-4-10-17(11-5-2)19-14-9-15-20(16(19)3)18-12-7-6-8-13-18/h4-15H,1H2,2-3H3/b11-5-,17-10+. The Morgan fingerprint density at radius 2 is 1.75 bits per heavy atom. The van der Waals surface area contributed by atoms with Crippen LogP contribution in [0, 0.1) is 6.92 Å². The molecule has 0 spiro atoms. The molecular weight excluding hydrogens is 240 g/mol. The molecule has 0 fully saturated rings.